The predicted octanol–water partition coefficient (Wildman–Crippen LogP) is 3.65. The quantitative estimate of drug-likeness (QED) is 0.903. The van der Waals surface area contributed by atoms with E-state index in [1.54, 1.807) is 7.11 Å². The van der Waals surface area contributed by atoms with E-state index in [2.05, 4.69) is 12.2 Å². The molecule has 100 valence electrons. The number of aryl methyl sites for hydroxylation is 1. The van der Waals surface area contributed by atoms with E-state index in [4.69, 9.17) is 16.3 Å². The summed E-state index contributed by atoms with van der Waals surface area (Å²) >= 11 is 6.40. The van der Waals surface area contributed by atoms with Crippen LogP contribution in [0.2, 0.25) is 5.02 Å². The largest absolute Gasteiger partial charge is 0.496 e. The van der Waals surface area contributed by atoms with E-state index >= 15 is 0 Å². The van der Waals surface area contributed by atoms with Gasteiger partial charge in [0.05, 0.1) is 7.11 Å². The molecule has 2 nitrogen and oxygen atoms in total. The predicted molar refractivity (Wildman–Crippen MR) is 76.8 cm³/mol. The van der Waals surface area contributed by atoms with Crippen molar-refractivity contribution in [3.63, 3.8) is 0 Å². The van der Waals surface area contributed by atoms with Gasteiger partial charge in [-0.1, -0.05) is 18.0 Å². The molecule has 18 heavy (non-hydrogen) atoms. The lowest BCUT2D eigenvalue weighted by Gasteiger charge is -2.25. The van der Waals surface area contributed by atoms with Crippen molar-refractivity contribution in [2.75, 3.05) is 13.7 Å². The Kier molecular flexibility index (Phi) is 4.52. The maximum Gasteiger partial charge on any atom is 0.125 e. The van der Waals surface area contributed by atoms with Crippen LogP contribution in [-0.2, 0) is 6.42 Å². The van der Waals surface area contributed by atoms with Crippen molar-refractivity contribution in [1.29, 1.82) is 0 Å². The zero-order valence-electron chi connectivity index (χ0n) is 11.5. The molecule has 1 aliphatic rings. The molecule has 1 fully saturated rings. The molecule has 1 N–H and O–H groups in total. The minimum Gasteiger partial charge on any atom is -0.496 e. The zero-order valence-corrected chi connectivity index (χ0v) is 12.2. The van der Waals surface area contributed by atoms with Crippen LogP contribution in [-0.4, -0.2) is 19.7 Å². The molecule has 0 aromatic heterocycles. The molecule has 1 aromatic carbocycles. The molecule has 1 unspecified atom stereocenters. The van der Waals surface area contributed by atoms with Crippen LogP contribution in [0.1, 0.15) is 36.0 Å². The fourth-order valence-corrected chi connectivity index (χ4v) is 3.25. The molecule has 0 bridgehead atoms. The summed E-state index contributed by atoms with van der Waals surface area (Å²) in [4.78, 5) is 0. The lowest BCUT2D eigenvalue weighted by atomic mass is 9.93. The van der Waals surface area contributed by atoms with E-state index in [-0.39, 0.29) is 0 Å². The molecule has 0 saturated carbocycles. The van der Waals surface area contributed by atoms with Crippen LogP contribution >= 0.6 is 11.6 Å². The SMILES string of the molecule is COc1c(C)cc(Cl)c(CC2CCCCN2)c1C. The van der Waals surface area contributed by atoms with Crippen molar-refractivity contribution in [3.8, 4) is 5.75 Å². The molecule has 0 radical (unpaired) electrons. The van der Waals surface area contributed by atoms with E-state index in [1.165, 1.54) is 30.4 Å². The van der Waals surface area contributed by atoms with Crippen LogP contribution in [0.15, 0.2) is 6.07 Å². The number of ether oxygens (including phenoxy) is 1. The van der Waals surface area contributed by atoms with Gasteiger partial charge in [-0.2, -0.15) is 0 Å². The van der Waals surface area contributed by atoms with Gasteiger partial charge in [-0.3, -0.25) is 0 Å². The van der Waals surface area contributed by atoms with Crippen LogP contribution in [0.4, 0.5) is 0 Å². The van der Waals surface area contributed by atoms with Crippen molar-refractivity contribution in [2.45, 2.75) is 45.6 Å². The Morgan fingerprint density at radius 3 is 2.78 bits per heavy atom. The van der Waals surface area contributed by atoms with Gasteiger partial charge >= 0.3 is 0 Å². The standard InChI is InChI=1S/C15H22ClNO/c1-10-8-14(16)13(11(2)15(10)18-3)9-12-6-4-5-7-17-12/h8,12,17H,4-7,9H2,1-3H3. The molecule has 3 heteroatoms. The molecular formula is C15H22ClNO. The second-order valence-corrected chi connectivity index (χ2v) is 5.57. The Labute approximate surface area is 115 Å². The van der Waals surface area contributed by atoms with Crippen molar-refractivity contribution < 1.29 is 4.74 Å². The topological polar surface area (TPSA) is 21.3 Å². The summed E-state index contributed by atoms with van der Waals surface area (Å²) in [6, 6.07) is 2.58. The third-order valence-corrected chi connectivity index (χ3v) is 4.19. The normalized spacial score (nSPS) is 19.9. The highest BCUT2D eigenvalue weighted by atomic mass is 35.5. The van der Waals surface area contributed by atoms with E-state index in [1.807, 2.05) is 13.0 Å². The number of piperidine rings is 1. The first kappa shape index (κ1) is 13.7. The third-order valence-electron chi connectivity index (χ3n) is 3.85. The average Bonchev–Trinajstić information content (AvgIpc) is 2.36. The first-order valence-electron chi connectivity index (χ1n) is 6.69. The van der Waals surface area contributed by atoms with Gasteiger partial charge in [-0.25, -0.2) is 0 Å². The highest BCUT2D eigenvalue weighted by Crippen LogP contribution is 2.33. The number of benzene rings is 1. The molecular weight excluding hydrogens is 246 g/mol. The fraction of sp³-hybridized carbons (Fsp3) is 0.600. The van der Waals surface area contributed by atoms with Gasteiger partial charge in [0.1, 0.15) is 5.75 Å². The Bertz CT molecular complexity index is 425. The van der Waals surface area contributed by atoms with Crippen molar-refractivity contribution in [2.24, 2.45) is 0 Å². The van der Waals surface area contributed by atoms with Crippen molar-refractivity contribution in [3.05, 3.63) is 27.8 Å². The van der Waals surface area contributed by atoms with E-state index in [0.717, 1.165) is 29.3 Å². The minimum absolute atomic E-state index is 0.558. The Morgan fingerprint density at radius 1 is 1.39 bits per heavy atom. The molecule has 1 aromatic rings. The van der Waals surface area contributed by atoms with Gasteiger partial charge in [-0.05, 0) is 62.4 Å². The lowest BCUT2D eigenvalue weighted by Crippen LogP contribution is -2.35. The molecule has 1 atom stereocenters. The summed E-state index contributed by atoms with van der Waals surface area (Å²) in [6.07, 6.45) is 4.85. The maximum atomic E-state index is 6.40. The second-order valence-electron chi connectivity index (χ2n) is 5.16. The minimum atomic E-state index is 0.558. The summed E-state index contributed by atoms with van der Waals surface area (Å²) in [5, 5.41) is 4.45. The molecule has 1 heterocycles. The number of halogens is 1. The number of hydrogen-bond acceptors (Lipinski definition) is 2. The Balaban J connectivity index is 2.26. The van der Waals surface area contributed by atoms with Crippen LogP contribution in [0.5, 0.6) is 5.75 Å². The molecule has 0 spiro atoms. The summed E-state index contributed by atoms with van der Waals surface area (Å²) in [5.41, 5.74) is 3.54. The van der Waals surface area contributed by atoms with E-state index in [0.29, 0.717) is 6.04 Å². The highest BCUT2D eigenvalue weighted by Gasteiger charge is 2.18. The van der Waals surface area contributed by atoms with Gasteiger partial charge < -0.3 is 10.1 Å². The van der Waals surface area contributed by atoms with Gasteiger partial charge in [0.2, 0.25) is 0 Å². The van der Waals surface area contributed by atoms with E-state index in [9.17, 15) is 0 Å². The van der Waals surface area contributed by atoms with Crippen molar-refractivity contribution >= 4 is 11.6 Å². The molecule has 1 aliphatic heterocycles. The summed E-state index contributed by atoms with van der Waals surface area (Å²) < 4.78 is 5.48. The number of rotatable bonds is 3. The smallest absolute Gasteiger partial charge is 0.125 e. The third kappa shape index (κ3) is 2.81. The first-order chi connectivity index (χ1) is 8.63. The molecule has 2 rings (SSSR count). The van der Waals surface area contributed by atoms with Crippen LogP contribution in [0, 0.1) is 13.8 Å². The maximum absolute atomic E-state index is 6.40. The van der Waals surface area contributed by atoms with Crippen LogP contribution in [0.3, 0.4) is 0 Å². The highest BCUT2D eigenvalue weighted by molar-refractivity contribution is 6.31. The summed E-state index contributed by atoms with van der Waals surface area (Å²) in [7, 11) is 1.73. The summed E-state index contributed by atoms with van der Waals surface area (Å²) in [5.74, 6) is 0.977. The second kappa shape index (κ2) is 5.94. The average molecular weight is 268 g/mol. The van der Waals surface area contributed by atoms with Gasteiger partial charge in [0.25, 0.3) is 0 Å². The van der Waals surface area contributed by atoms with Gasteiger partial charge in [0, 0.05) is 11.1 Å². The number of methoxy groups -OCH3 is 1. The van der Waals surface area contributed by atoms with Gasteiger partial charge in [0.15, 0.2) is 0 Å². The van der Waals surface area contributed by atoms with Crippen LogP contribution < -0.4 is 10.1 Å². The molecule has 1 saturated heterocycles. The molecule has 0 amide bonds. The Hall–Kier alpha value is -0.730. The van der Waals surface area contributed by atoms with E-state index < -0.39 is 0 Å². The Morgan fingerprint density at radius 2 is 2.17 bits per heavy atom. The monoisotopic (exact) mass is 267 g/mol. The first-order valence-corrected chi connectivity index (χ1v) is 7.07. The number of hydrogen-bond donors (Lipinski definition) is 1. The zero-order chi connectivity index (χ0) is 13.1. The van der Waals surface area contributed by atoms with Gasteiger partial charge in [-0.15, -0.1) is 0 Å². The fourth-order valence-electron chi connectivity index (χ4n) is 2.86. The summed E-state index contributed by atoms with van der Waals surface area (Å²) in [6.45, 7) is 5.28. The van der Waals surface area contributed by atoms with Crippen molar-refractivity contribution in [1.82, 2.24) is 5.32 Å². The lowest BCUT2D eigenvalue weighted by molar-refractivity contribution is 0.393. The van der Waals surface area contributed by atoms with Crippen LogP contribution in [0.25, 0.3) is 0 Å². The molecule has 0 aliphatic carbocycles. The number of nitrogens with one attached hydrogen (secondary N) is 1.